The topological polar surface area (TPSA) is 76.1 Å². The van der Waals surface area contributed by atoms with Crippen molar-refractivity contribution in [3.8, 4) is 0 Å². The van der Waals surface area contributed by atoms with E-state index in [0.29, 0.717) is 39.0 Å². The maximum Gasteiger partial charge on any atom is 0.305 e. The summed E-state index contributed by atoms with van der Waals surface area (Å²) in [5.41, 5.74) is -0.0622. The molecule has 1 N–H and O–H groups in total. The van der Waals surface area contributed by atoms with Crippen LogP contribution >= 0.6 is 0 Å². The third kappa shape index (κ3) is 3.59. The Morgan fingerprint density at radius 1 is 1.31 bits per heavy atom. The first-order valence-corrected chi connectivity index (χ1v) is 8.86. The molecule has 2 atom stereocenters. The lowest BCUT2D eigenvalue weighted by molar-refractivity contribution is -0.145. The van der Waals surface area contributed by atoms with Gasteiger partial charge in [-0.3, -0.25) is 9.59 Å². The summed E-state index contributed by atoms with van der Waals surface area (Å²) in [4.78, 5) is 26.5. The number of carbonyl (C=O) groups is 2. The number of aliphatic carboxylic acids is 1. The summed E-state index contributed by atoms with van der Waals surface area (Å²) in [6.07, 6.45) is 1.21. The normalized spacial score (nSPS) is 25.2. The van der Waals surface area contributed by atoms with Crippen LogP contribution in [-0.4, -0.2) is 60.9 Å². The van der Waals surface area contributed by atoms with Gasteiger partial charge in [0.25, 0.3) is 0 Å². The maximum atomic E-state index is 13.6. The molecule has 1 aromatic carbocycles. The lowest BCUT2D eigenvalue weighted by Gasteiger charge is -2.40. The van der Waals surface area contributed by atoms with Crippen LogP contribution in [0.2, 0.25) is 0 Å². The molecule has 2 fully saturated rings. The van der Waals surface area contributed by atoms with Crippen LogP contribution in [0.1, 0.15) is 31.2 Å². The molecule has 2 heterocycles. The number of rotatable bonds is 5. The zero-order valence-electron chi connectivity index (χ0n) is 14.8. The van der Waals surface area contributed by atoms with Gasteiger partial charge in [-0.1, -0.05) is 12.1 Å². The number of ether oxygens (including phenoxy) is 2. The van der Waals surface area contributed by atoms with E-state index in [2.05, 4.69) is 0 Å². The van der Waals surface area contributed by atoms with Crippen LogP contribution in [0.15, 0.2) is 24.3 Å². The van der Waals surface area contributed by atoms with Gasteiger partial charge in [-0.15, -0.1) is 0 Å². The van der Waals surface area contributed by atoms with Gasteiger partial charge in [0.1, 0.15) is 5.82 Å². The molecule has 2 aliphatic heterocycles. The molecule has 0 aromatic heterocycles. The molecule has 1 amide bonds. The fourth-order valence-electron chi connectivity index (χ4n) is 4.08. The highest BCUT2D eigenvalue weighted by molar-refractivity contribution is 5.89. The Kier molecular flexibility index (Phi) is 5.58. The molecule has 7 heteroatoms. The van der Waals surface area contributed by atoms with E-state index in [1.165, 1.54) is 12.1 Å². The number of methoxy groups -OCH3 is 1. The lowest BCUT2D eigenvalue weighted by Crippen LogP contribution is -2.52. The maximum absolute atomic E-state index is 13.6. The summed E-state index contributed by atoms with van der Waals surface area (Å²) in [5.74, 6) is -1.40. The van der Waals surface area contributed by atoms with E-state index in [4.69, 9.17) is 9.47 Å². The number of benzene rings is 1. The number of halogens is 1. The molecular formula is C19H24FNO5. The summed E-state index contributed by atoms with van der Waals surface area (Å²) < 4.78 is 24.2. The molecule has 142 valence electrons. The zero-order valence-corrected chi connectivity index (χ0v) is 14.8. The minimum absolute atomic E-state index is 0.110. The quantitative estimate of drug-likeness (QED) is 0.863. The number of hydrogen-bond donors (Lipinski definition) is 1. The molecular weight excluding hydrogens is 341 g/mol. The fourth-order valence-corrected chi connectivity index (χ4v) is 4.08. The number of likely N-dealkylation sites (tertiary alicyclic amines) is 1. The van der Waals surface area contributed by atoms with Gasteiger partial charge in [0.15, 0.2) is 0 Å². The largest absolute Gasteiger partial charge is 0.481 e. The molecule has 0 bridgehead atoms. The molecule has 26 heavy (non-hydrogen) atoms. The molecule has 0 aliphatic carbocycles. The zero-order chi connectivity index (χ0) is 18.7. The number of carboxylic acid groups (broad SMARTS) is 1. The van der Waals surface area contributed by atoms with Crippen molar-refractivity contribution in [3.63, 3.8) is 0 Å². The first-order chi connectivity index (χ1) is 12.5. The van der Waals surface area contributed by atoms with Gasteiger partial charge in [0.05, 0.1) is 17.9 Å². The Labute approximate surface area is 151 Å². The molecule has 0 spiro atoms. The Morgan fingerprint density at radius 2 is 1.96 bits per heavy atom. The Balaban J connectivity index is 1.93. The van der Waals surface area contributed by atoms with Gasteiger partial charge in [-0.2, -0.15) is 0 Å². The number of hydrogen-bond acceptors (Lipinski definition) is 4. The molecule has 2 saturated heterocycles. The second-order valence-corrected chi connectivity index (χ2v) is 7.00. The lowest BCUT2D eigenvalue weighted by atomic mass is 9.72. The van der Waals surface area contributed by atoms with Crippen LogP contribution in [0, 0.1) is 5.82 Å². The highest BCUT2D eigenvalue weighted by Crippen LogP contribution is 2.39. The SMILES string of the molecule is COC1CC(CC(=O)O)N(C(=O)C2(c3ccc(F)cc3)CCOCC2)C1. The van der Waals surface area contributed by atoms with E-state index in [9.17, 15) is 19.1 Å². The molecule has 2 unspecified atom stereocenters. The van der Waals surface area contributed by atoms with Crippen molar-refractivity contribution >= 4 is 11.9 Å². The van der Waals surface area contributed by atoms with Crippen LogP contribution in [-0.2, 0) is 24.5 Å². The molecule has 6 nitrogen and oxygen atoms in total. The van der Waals surface area contributed by atoms with E-state index in [1.54, 1.807) is 24.1 Å². The molecule has 2 aliphatic rings. The first-order valence-electron chi connectivity index (χ1n) is 8.86. The second-order valence-electron chi connectivity index (χ2n) is 7.00. The van der Waals surface area contributed by atoms with Crippen LogP contribution in [0.5, 0.6) is 0 Å². The van der Waals surface area contributed by atoms with Gasteiger partial charge in [-0.25, -0.2) is 4.39 Å². The van der Waals surface area contributed by atoms with Crippen LogP contribution in [0.25, 0.3) is 0 Å². The number of carboxylic acids is 1. The Morgan fingerprint density at radius 3 is 2.54 bits per heavy atom. The molecule has 0 radical (unpaired) electrons. The molecule has 3 rings (SSSR count). The van der Waals surface area contributed by atoms with Crippen LogP contribution in [0.4, 0.5) is 4.39 Å². The van der Waals surface area contributed by atoms with Crippen molar-refractivity contribution < 1.29 is 28.6 Å². The summed E-state index contributed by atoms with van der Waals surface area (Å²) in [7, 11) is 1.57. The van der Waals surface area contributed by atoms with E-state index in [-0.39, 0.29) is 24.2 Å². The van der Waals surface area contributed by atoms with Crippen molar-refractivity contribution in [2.75, 3.05) is 26.9 Å². The van der Waals surface area contributed by atoms with Crippen LogP contribution < -0.4 is 0 Å². The molecule has 1 aromatic rings. The minimum atomic E-state index is -0.938. The summed E-state index contributed by atoms with van der Waals surface area (Å²) in [5, 5.41) is 9.21. The van der Waals surface area contributed by atoms with Gasteiger partial charge >= 0.3 is 5.97 Å². The highest BCUT2D eigenvalue weighted by Gasteiger charge is 2.48. The Bertz CT molecular complexity index is 656. The van der Waals surface area contributed by atoms with Gasteiger partial charge < -0.3 is 19.5 Å². The average molecular weight is 365 g/mol. The van der Waals surface area contributed by atoms with Crippen molar-refractivity contribution in [2.45, 2.75) is 43.2 Å². The van der Waals surface area contributed by atoms with E-state index in [1.807, 2.05) is 0 Å². The highest BCUT2D eigenvalue weighted by atomic mass is 19.1. The Hall–Kier alpha value is -1.99. The van der Waals surface area contributed by atoms with Gasteiger partial charge in [-0.05, 0) is 37.0 Å². The van der Waals surface area contributed by atoms with E-state index >= 15 is 0 Å². The minimum Gasteiger partial charge on any atom is -0.481 e. The third-order valence-corrected chi connectivity index (χ3v) is 5.53. The van der Waals surface area contributed by atoms with Crippen molar-refractivity contribution in [1.82, 2.24) is 4.90 Å². The smallest absolute Gasteiger partial charge is 0.305 e. The van der Waals surface area contributed by atoms with Crippen molar-refractivity contribution in [3.05, 3.63) is 35.6 Å². The van der Waals surface area contributed by atoms with Crippen LogP contribution in [0.3, 0.4) is 0 Å². The summed E-state index contributed by atoms with van der Waals surface area (Å²) >= 11 is 0. The first kappa shape index (κ1) is 18.8. The fraction of sp³-hybridized carbons (Fsp3) is 0.579. The number of nitrogens with zero attached hydrogens (tertiary/aromatic N) is 1. The predicted molar refractivity (Wildman–Crippen MR) is 91.3 cm³/mol. The standard InChI is InChI=1S/C19H24FNO5/c1-25-16-10-15(11-17(22)23)21(12-16)18(24)19(6-8-26-9-7-19)13-2-4-14(20)5-3-13/h2-5,15-16H,6-12H2,1H3,(H,22,23). The number of carbonyl (C=O) groups excluding carboxylic acids is 1. The second kappa shape index (κ2) is 7.72. The summed E-state index contributed by atoms with van der Waals surface area (Å²) in [6, 6.07) is 5.61. The van der Waals surface area contributed by atoms with Gasteiger partial charge in [0.2, 0.25) is 5.91 Å². The molecule has 0 saturated carbocycles. The van der Waals surface area contributed by atoms with E-state index in [0.717, 1.165) is 5.56 Å². The van der Waals surface area contributed by atoms with Crippen molar-refractivity contribution in [2.24, 2.45) is 0 Å². The van der Waals surface area contributed by atoms with E-state index < -0.39 is 17.4 Å². The predicted octanol–water partition coefficient (Wildman–Crippen LogP) is 1.96. The monoisotopic (exact) mass is 365 g/mol. The van der Waals surface area contributed by atoms with Crippen molar-refractivity contribution in [1.29, 1.82) is 0 Å². The average Bonchev–Trinajstić information content (AvgIpc) is 3.04. The third-order valence-electron chi connectivity index (χ3n) is 5.53. The number of amides is 1. The summed E-state index contributed by atoms with van der Waals surface area (Å²) in [6.45, 7) is 1.25. The van der Waals surface area contributed by atoms with Gasteiger partial charge in [0, 0.05) is 32.9 Å².